The minimum Gasteiger partial charge on any atom is -0.381 e. The van der Waals surface area contributed by atoms with E-state index in [1.807, 2.05) is 0 Å². The molecule has 0 spiro atoms. The van der Waals surface area contributed by atoms with Crippen LogP contribution in [0.1, 0.15) is 52.9 Å². The highest BCUT2D eigenvalue weighted by molar-refractivity contribution is 4.89. The van der Waals surface area contributed by atoms with Crippen molar-refractivity contribution in [2.45, 2.75) is 52.9 Å². The summed E-state index contributed by atoms with van der Waals surface area (Å²) in [6.07, 6.45) is 6.65. The van der Waals surface area contributed by atoms with Gasteiger partial charge >= 0.3 is 0 Å². The van der Waals surface area contributed by atoms with Crippen LogP contribution in [0.15, 0.2) is 0 Å². The molecule has 0 radical (unpaired) electrons. The fourth-order valence-corrected chi connectivity index (χ4v) is 3.51. The summed E-state index contributed by atoms with van der Waals surface area (Å²) in [7, 11) is 0. The van der Waals surface area contributed by atoms with Crippen molar-refractivity contribution in [2.24, 2.45) is 17.3 Å². The van der Waals surface area contributed by atoms with Gasteiger partial charge in [0.2, 0.25) is 0 Å². The molecule has 3 nitrogen and oxygen atoms in total. The Morgan fingerprint density at radius 3 is 2.52 bits per heavy atom. The van der Waals surface area contributed by atoms with Gasteiger partial charge in [-0.3, -0.25) is 0 Å². The Morgan fingerprint density at radius 2 is 1.95 bits per heavy atom. The van der Waals surface area contributed by atoms with E-state index in [2.05, 4.69) is 31.0 Å². The summed E-state index contributed by atoms with van der Waals surface area (Å²) in [6.45, 7) is 15.0. The highest BCUT2D eigenvalue weighted by Crippen LogP contribution is 2.34. The lowest BCUT2D eigenvalue weighted by Crippen LogP contribution is -2.48. The summed E-state index contributed by atoms with van der Waals surface area (Å²) in [4.78, 5) is 2.75. The van der Waals surface area contributed by atoms with Gasteiger partial charge in [0, 0.05) is 32.8 Å². The van der Waals surface area contributed by atoms with Crippen molar-refractivity contribution in [1.82, 2.24) is 10.2 Å². The molecule has 1 saturated heterocycles. The van der Waals surface area contributed by atoms with Crippen LogP contribution in [0.5, 0.6) is 0 Å². The molecular weight excluding hydrogens is 260 g/mol. The largest absolute Gasteiger partial charge is 0.381 e. The molecule has 0 aromatic carbocycles. The zero-order valence-electron chi connectivity index (χ0n) is 14.5. The maximum atomic E-state index is 5.64. The van der Waals surface area contributed by atoms with E-state index in [1.54, 1.807) is 0 Å². The normalized spacial score (nSPS) is 22.1. The molecule has 0 aromatic heterocycles. The van der Waals surface area contributed by atoms with Gasteiger partial charge in [0.25, 0.3) is 0 Å². The van der Waals surface area contributed by atoms with Crippen LogP contribution in [0.25, 0.3) is 0 Å². The molecule has 1 saturated carbocycles. The van der Waals surface area contributed by atoms with E-state index < -0.39 is 0 Å². The average Bonchev–Trinajstić information content (AvgIpc) is 3.23. The molecule has 0 atom stereocenters. The van der Waals surface area contributed by atoms with Crippen LogP contribution in [-0.4, -0.2) is 50.8 Å². The zero-order valence-corrected chi connectivity index (χ0v) is 14.5. The molecule has 124 valence electrons. The molecule has 0 amide bonds. The summed E-state index contributed by atoms with van der Waals surface area (Å²) in [5.41, 5.74) is 0.442. The second-order valence-corrected chi connectivity index (χ2v) is 7.82. The maximum absolute atomic E-state index is 5.64. The van der Waals surface area contributed by atoms with Gasteiger partial charge in [0.1, 0.15) is 0 Å². The van der Waals surface area contributed by atoms with E-state index in [9.17, 15) is 0 Å². The van der Waals surface area contributed by atoms with E-state index in [-0.39, 0.29) is 0 Å². The van der Waals surface area contributed by atoms with E-state index in [4.69, 9.17) is 4.74 Å². The molecule has 1 aliphatic carbocycles. The molecule has 2 aliphatic rings. The molecule has 2 fully saturated rings. The molecule has 0 bridgehead atoms. The minimum atomic E-state index is 0.442. The highest BCUT2D eigenvalue weighted by atomic mass is 16.5. The van der Waals surface area contributed by atoms with Crippen molar-refractivity contribution in [2.75, 3.05) is 45.9 Å². The first kappa shape index (κ1) is 17.2. The van der Waals surface area contributed by atoms with Gasteiger partial charge in [0.05, 0.1) is 0 Å². The monoisotopic (exact) mass is 296 g/mol. The third kappa shape index (κ3) is 6.25. The number of hydrogen-bond acceptors (Lipinski definition) is 3. The van der Waals surface area contributed by atoms with Gasteiger partial charge < -0.3 is 15.0 Å². The molecule has 0 aromatic rings. The van der Waals surface area contributed by atoms with E-state index in [0.29, 0.717) is 5.41 Å². The molecule has 1 N–H and O–H groups in total. The quantitative estimate of drug-likeness (QED) is 0.670. The van der Waals surface area contributed by atoms with Crippen LogP contribution < -0.4 is 5.32 Å². The first-order valence-corrected chi connectivity index (χ1v) is 9.14. The van der Waals surface area contributed by atoms with E-state index in [0.717, 1.165) is 31.6 Å². The highest BCUT2D eigenvalue weighted by Gasteiger charge is 2.35. The molecule has 0 unspecified atom stereocenters. The van der Waals surface area contributed by atoms with Gasteiger partial charge in [-0.05, 0) is 62.4 Å². The smallest absolute Gasteiger partial charge is 0.0472 e. The van der Waals surface area contributed by atoms with Gasteiger partial charge in [-0.1, -0.05) is 20.8 Å². The Hall–Kier alpha value is -0.120. The second-order valence-electron chi connectivity index (χ2n) is 7.82. The van der Waals surface area contributed by atoms with Crippen molar-refractivity contribution in [3.63, 3.8) is 0 Å². The Balaban J connectivity index is 1.88. The Kier molecular flexibility index (Phi) is 6.97. The van der Waals surface area contributed by atoms with Crippen molar-refractivity contribution in [3.8, 4) is 0 Å². The predicted molar refractivity (Wildman–Crippen MR) is 89.6 cm³/mol. The van der Waals surface area contributed by atoms with Crippen LogP contribution in [0, 0.1) is 17.3 Å². The van der Waals surface area contributed by atoms with E-state index in [1.165, 1.54) is 58.3 Å². The van der Waals surface area contributed by atoms with Crippen LogP contribution in [0.4, 0.5) is 0 Å². The molecule has 2 rings (SSSR count). The molecular formula is C18H36N2O. The fourth-order valence-electron chi connectivity index (χ4n) is 3.51. The van der Waals surface area contributed by atoms with E-state index >= 15 is 0 Å². The fraction of sp³-hybridized carbons (Fsp3) is 1.00. The predicted octanol–water partition coefficient (Wildman–Crippen LogP) is 3.15. The molecule has 3 heteroatoms. The zero-order chi connectivity index (χ0) is 15.1. The average molecular weight is 296 g/mol. The maximum Gasteiger partial charge on any atom is 0.0472 e. The Morgan fingerprint density at radius 1 is 1.24 bits per heavy atom. The Bertz CT molecular complexity index is 283. The lowest BCUT2D eigenvalue weighted by atomic mass is 9.79. The molecule has 1 aliphatic heterocycles. The van der Waals surface area contributed by atoms with Crippen molar-refractivity contribution in [1.29, 1.82) is 0 Å². The van der Waals surface area contributed by atoms with Crippen LogP contribution in [-0.2, 0) is 4.74 Å². The number of nitrogens with one attached hydrogen (secondary N) is 1. The first-order chi connectivity index (χ1) is 10.1. The third-order valence-corrected chi connectivity index (χ3v) is 4.92. The molecule has 21 heavy (non-hydrogen) atoms. The van der Waals surface area contributed by atoms with Crippen molar-refractivity contribution in [3.05, 3.63) is 0 Å². The van der Waals surface area contributed by atoms with Gasteiger partial charge in [-0.25, -0.2) is 0 Å². The van der Waals surface area contributed by atoms with Crippen LogP contribution in [0.2, 0.25) is 0 Å². The SMILES string of the molecule is CCCN(CC1CC1)CC1(CNCC(C)C)CCOCC1. The van der Waals surface area contributed by atoms with Crippen molar-refractivity contribution < 1.29 is 4.74 Å². The van der Waals surface area contributed by atoms with Gasteiger partial charge in [-0.15, -0.1) is 0 Å². The molecule has 1 heterocycles. The Labute approximate surface area is 131 Å². The summed E-state index contributed by atoms with van der Waals surface area (Å²) in [5.74, 6) is 1.73. The minimum absolute atomic E-state index is 0.442. The number of ether oxygens (including phenoxy) is 1. The lowest BCUT2D eigenvalue weighted by Gasteiger charge is -2.41. The summed E-state index contributed by atoms with van der Waals surface area (Å²) < 4.78 is 5.64. The number of hydrogen-bond donors (Lipinski definition) is 1. The van der Waals surface area contributed by atoms with Gasteiger partial charge in [-0.2, -0.15) is 0 Å². The van der Waals surface area contributed by atoms with Crippen LogP contribution in [0.3, 0.4) is 0 Å². The van der Waals surface area contributed by atoms with Crippen LogP contribution >= 0.6 is 0 Å². The number of rotatable bonds is 10. The third-order valence-electron chi connectivity index (χ3n) is 4.92. The summed E-state index contributed by atoms with van der Waals surface area (Å²) in [5, 5.41) is 3.73. The van der Waals surface area contributed by atoms with Crippen molar-refractivity contribution >= 4 is 0 Å². The lowest BCUT2D eigenvalue weighted by molar-refractivity contribution is -0.00532. The summed E-state index contributed by atoms with van der Waals surface area (Å²) in [6, 6.07) is 0. The van der Waals surface area contributed by atoms with Gasteiger partial charge in [0.15, 0.2) is 0 Å². The summed E-state index contributed by atoms with van der Waals surface area (Å²) >= 11 is 0. The number of nitrogens with zero attached hydrogens (tertiary/aromatic N) is 1. The topological polar surface area (TPSA) is 24.5 Å². The standard InChI is InChI=1S/C18H36N2O/c1-4-9-20(13-17-5-6-17)15-18(7-10-21-11-8-18)14-19-12-16(2)3/h16-17,19H,4-15H2,1-3H3. The first-order valence-electron chi connectivity index (χ1n) is 9.14. The second kappa shape index (κ2) is 8.50.